The lowest BCUT2D eigenvalue weighted by atomic mass is 10.0. The molecule has 0 aliphatic heterocycles. The van der Waals surface area contributed by atoms with E-state index in [0.29, 0.717) is 23.0 Å². The zero-order valence-electron chi connectivity index (χ0n) is 27.4. The normalized spacial score (nSPS) is 13.0. The minimum atomic E-state index is -4.37. The Balaban J connectivity index is 1.95. The number of carboxylic acids is 1. The minimum absolute atomic E-state index is 0.0737. The molecular formula is C33H46N2O8SSi. The second-order valence-corrected chi connectivity index (χ2v) is 19.1. The van der Waals surface area contributed by atoms with Crippen LogP contribution in [0, 0.1) is 0 Å². The number of aliphatic carboxylic acids is 1. The SMILES string of the molecule is CON(C)C(=O)C(CC(=O)O)NS(=O)(=O)c1ccccc1OCCc1c(O[Si](C(C)C)(C(C)C)C(C)C)ccc2ccccc12. The van der Waals surface area contributed by atoms with Crippen molar-refractivity contribution in [1.82, 2.24) is 9.79 Å². The van der Waals surface area contributed by atoms with Gasteiger partial charge in [-0.05, 0) is 45.6 Å². The third-order valence-electron chi connectivity index (χ3n) is 8.30. The number of nitrogens with zero attached hydrogens (tertiary/aromatic N) is 1. The lowest BCUT2D eigenvalue weighted by molar-refractivity contribution is -0.171. The molecule has 3 aromatic carbocycles. The van der Waals surface area contributed by atoms with Gasteiger partial charge >= 0.3 is 5.97 Å². The highest BCUT2D eigenvalue weighted by Crippen LogP contribution is 2.44. The molecule has 2 N–H and O–H groups in total. The summed E-state index contributed by atoms with van der Waals surface area (Å²) in [5, 5.41) is 12.2. The maximum atomic E-state index is 13.5. The summed E-state index contributed by atoms with van der Waals surface area (Å²) in [6.07, 6.45) is -0.331. The molecule has 1 amide bonds. The van der Waals surface area contributed by atoms with Crippen molar-refractivity contribution in [1.29, 1.82) is 0 Å². The van der Waals surface area contributed by atoms with Gasteiger partial charge in [0.1, 0.15) is 22.4 Å². The standard InChI is InChI=1S/C33H46N2O8SSi/c1-22(2)45(23(3)4,24(5)6)43-29-18-17-25-13-9-10-14-26(25)27(29)19-20-42-30-15-11-12-16-31(30)44(39,40)34-28(21-32(36)37)33(38)35(7)41-8/h9-18,22-24,28,34H,19-21H2,1-8H3,(H,36,37). The van der Waals surface area contributed by atoms with Gasteiger partial charge in [0.15, 0.2) is 0 Å². The van der Waals surface area contributed by atoms with Gasteiger partial charge in [-0.25, -0.2) is 13.5 Å². The smallest absolute Gasteiger partial charge is 0.305 e. The van der Waals surface area contributed by atoms with Crippen molar-refractivity contribution in [3.8, 4) is 11.5 Å². The lowest BCUT2D eigenvalue weighted by Crippen LogP contribution is -2.50. The summed E-state index contributed by atoms with van der Waals surface area (Å²) < 4.78 is 42.4. The second kappa shape index (κ2) is 15.2. The fourth-order valence-electron chi connectivity index (χ4n) is 6.18. The van der Waals surface area contributed by atoms with Crippen LogP contribution >= 0.6 is 0 Å². The molecule has 0 saturated heterocycles. The molecule has 1 atom stereocenters. The highest BCUT2D eigenvalue weighted by molar-refractivity contribution is 7.89. The van der Waals surface area contributed by atoms with Crippen LogP contribution in [0.2, 0.25) is 16.6 Å². The number of carboxylic acid groups (broad SMARTS) is 1. The maximum Gasteiger partial charge on any atom is 0.305 e. The summed E-state index contributed by atoms with van der Waals surface area (Å²) in [7, 11) is -4.17. The number of carbonyl (C=O) groups is 2. The number of fused-ring (bicyclic) bond motifs is 1. The minimum Gasteiger partial charge on any atom is -0.542 e. The number of sulfonamides is 1. The Kier molecular flexibility index (Phi) is 12.2. The van der Waals surface area contributed by atoms with Crippen LogP contribution < -0.4 is 13.9 Å². The molecule has 0 saturated carbocycles. The quantitative estimate of drug-likeness (QED) is 0.138. The van der Waals surface area contributed by atoms with Gasteiger partial charge in [0.2, 0.25) is 10.0 Å². The monoisotopic (exact) mass is 658 g/mol. The van der Waals surface area contributed by atoms with Crippen molar-refractivity contribution < 1.29 is 37.1 Å². The first-order valence-corrected chi connectivity index (χ1v) is 18.7. The third kappa shape index (κ3) is 8.23. The topological polar surface area (TPSA) is 131 Å². The van der Waals surface area contributed by atoms with Crippen LogP contribution in [-0.2, 0) is 30.9 Å². The average Bonchev–Trinajstić information content (AvgIpc) is 2.98. The Morgan fingerprint density at radius 1 is 0.889 bits per heavy atom. The Hall–Kier alpha value is -3.45. The van der Waals surface area contributed by atoms with Gasteiger partial charge in [0.05, 0.1) is 20.1 Å². The van der Waals surface area contributed by atoms with Crippen LogP contribution in [0.3, 0.4) is 0 Å². The van der Waals surface area contributed by atoms with E-state index in [-0.39, 0.29) is 17.3 Å². The Morgan fingerprint density at radius 2 is 1.49 bits per heavy atom. The number of rotatable bonds is 16. The number of hydrogen-bond donors (Lipinski definition) is 2. The first-order valence-electron chi connectivity index (χ1n) is 15.1. The zero-order valence-corrected chi connectivity index (χ0v) is 29.2. The maximum absolute atomic E-state index is 13.5. The van der Waals surface area contributed by atoms with E-state index < -0.39 is 42.7 Å². The van der Waals surface area contributed by atoms with Gasteiger partial charge in [0.25, 0.3) is 14.2 Å². The van der Waals surface area contributed by atoms with E-state index in [4.69, 9.17) is 14.0 Å². The number of para-hydroxylation sites is 1. The van der Waals surface area contributed by atoms with Crippen molar-refractivity contribution in [3.63, 3.8) is 0 Å². The molecule has 0 radical (unpaired) electrons. The third-order valence-corrected chi connectivity index (χ3v) is 15.8. The summed E-state index contributed by atoms with van der Waals surface area (Å²) in [6, 6.07) is 16.6. The fraction of sp³-hybridized carbons (Fsp3) is 0.455. The Labute approximate surface area is 267 Å². The number of hydrogen-bond acceptors (Lipinski definition) is 7. The van der Waals surface area contributed by atoms with Crippen molar-refractivity contribution in [3.05, 3.63) is 66.2 Å². The molecule has 3 rings (SSSR count). The van der Waals surface area contributed by atoms with Gasteiger partial charge in [-0.2, -0.15) is 4.72 Å². The number of nitrogens with one attached hydrogen (secondary N) is 1. The van der Waals surface area contributed by atoms with Crippen LogP contribution in [0.15, 0.2) is 65.6 Å². The Morgan fingerprint density at radius 3 is 2.09 bits per heavy atom. The van der Waals surface area contributed by atoms with Crippen molar-refractivity contribution >= 4 is 41.0 Å². The molecule has 0 fully saturated rings. The van der Waals surface area contributed by atoms with Crippen molar-refractivity contribution in [2.24, 2.45) is 0 Å². The summed E-state index contributed by atoms with van der Waals surface area (Å²) in [5.41, 5.74) is 2.11. The van der Waals surface area contributed by atoms with Crippen LogP contribution in [0.5, 0.6) is 11.5 Å². The highest BCUT2D eigenvalue weighted by atomic mass is 32.2. The van der Waals surface area contributed by atoms with E-state index in [1.165, 1.54) is 32.4 Å². The van der Waals surface area contributed by atoms with Crippen LogP contribution in [0.25, 0.3) is 10.8 Å². The number of ether oxygens (including phenoxy) is 1. The van der Waals surface area contributed by atoms with E-state index >= 15 is 0 Å². The first-order chi connectivity index (χ1) is 21.1. The molecule has 1 unspecified atom stereocenters. The molecule has 0 aliphatic carbocycles. The lowest BCUT2D eigenvalue weighted by Gasteiger charge is -2.42. The van der Waals surface area contributed by atoms with Gasteiger partial charge in [-0.1, -0.05) is 84.0 Å². The molecule has 12 heteroatoms. The first kappa shape index (κ1) is 36.0. The number of amides is 1. The molecule has 0 bridgehead atoms. The summed E-state index contributed by atoms with van der Waals surface area (Å²) in [6.45, 7) is 13.6. The molecule has 0 aromatic heterocycles. The van der Waals surface area contributed by atoms with E-state index in [9.17, 15) is 23.1 Å². The molecule has 0 spiro atoms. The number of hydroxylamine groups is 2. The van der Waals surface area contributed by atoms with Crippen LogP contribution in [0.1, 0.15) is 53.5 Å². The fourth-order valence-corrected chi connectivity index (χ4v) is 12.8. The van der Waals surface area contributed by atoms with Gasteiger partial charge in [-0.15, -0.1) is 0 Å². The summed E-state index contributed by atoms with van der Waals surface area (Å²) >= 11 is 0. The zero-order chi connectivity index (χ0) is 33.5. The van der Waals surface area contributed by atoms with Gasteiger partial charge < -0.3 is 14.3 Å². The van der Waals surface area contributed by atoms with E-state index in [1.807, 2.05) is 24.3 Å². The summed E-state index contributed by atoms with van der Waals surface area (Å²) in [4.78, 5) is 28.7. The molecule has 0 aliphatic rings. The van der Waals surface area contributed by atoms with Gasteiger partial charge in [-0.3, -0.25) is 14.4 Å². The summed E-state index contributed by atoms with van der Waals surface area (Å²) in [5.74, 6) is -1.31. The average molecular weight is 659 g/mol. The van der Waals surface area contributed by atoms with E-state index in [0.717, 1.165) is 27.1 Å². The highest BCUT2D eigenvalue weighted by Gasteiger charge is 2.47. The molecule has 246 valence electrons. The number of likely N-dealkylation sites (N-methyl/N-ethyl adjacent to an activating group) is 1. The predicted molar refractivity (Wildman–Crippen MR) is 177 cm³/mol. The molecule has 0 heterocycles. The van der Waals surface area contributed by atoms with Crippen LogP contribution in [0.4, 0.5) is 0 Å². The second-order valence-electron chi connectivity index (χ2n) is 12.0. The Bertz CT molecular complexity index is 1570. The largest absolute Gasteiger partial charge is 0.542 e. The van der Waals surface area contributed by atoms with Gasteiger partial charge in [0, 0.05) is 19.0 Å². The van der Waals surface area contributed by atoms with E-state index in [2.05, 4.69) is 58.4 Å². The molecule has 3 aromatic rings. The van der Waals surface area contributed by atoms with E-state index in [1.54, 1.807) is 6.07 Å². The molecule has 10 nitrogen and oxygen atoms in total. The number of benzene rings is 3. The van der Waals surface area contributed by atoms with Crippen molar-refractivity contribution in [2.75, 3.05) is 20.8 Å². The molecule has 45 heavy (non-hydrogen) atoms. The number of carbonyl (C=O) groups excluding carboxylic acids is 1. The van der Waals surface area contributed by atoms with Crippen molar-refractivity contribution in [2.45, 2.75) is 81.9 Å². The molecular weight excluding hydrogens is 613 g/mol. The predicted octanol–water partition coefficient (Wildman–Crippen LogP) is 6.16. The van der Waals surface area contributed by atoms with Crippen LogP contribution in [-0.4, -0.2) is 65.6 Å².